The van der Waals surface area contributed by atoms with Crippen molar-refractivity contribution in [3.63, 3.8) is 0 Å². The van der Waals surface area contributed by atoms with Crippen molar-refractivity contribution in [3.8, 4) is 5.75 Å². The molecule has 0 aliphatic heterocycles. The van der Waals surface area contributed by atoms with Crippen LogP contribution < -0.4 is 15.6 Å². The molecule has 0 saturated heterocycles. The molecule has 2 aromatic carbocycles. The molecule has 0 aliphatic carbocycles. The first-order valence-corrected chi connectivity index (χ1v) is 10.8. The van der Waals surface area contributed by atoms with Crippen LogP contribution in [-0.2, 0) is 6.54 Å². The summed E-state index contributed by atoms with van der Waals surface area (Å²) in [6, 6.07) is 15.7. The molecule has 0 atom stereocenters. The number of anilines is 1. The lowest BCUT2D eigenvalue weighted by atomic mass is 10.1. The summed E-state index contributed by atoms with van der Waals surface area (Å²) in [5.41, 5.74) is 3.44. The van der Waals surface area contributed by atoms with Crippen LogP contribution in [-0.4, -0.2) is 53.7 Å². The molecular weight excluding hydrogens is 408 g/mol. The lowest BCUT2D eigenvalue weighted by molar-refractivity contribution is 0.327. The van der Waals surface area contributed by atoms with Crippen LogP contribution >= 0.6 is 12.2 Å². The van der Waals surface area contributed by atoms with Crippen LogP contribution in [0.15, 0.2) is 53.3 Å². The van der Waals surface area contributed by atoms with Gasteiger partial charge < -0.3 is 24.8 Å². The zero-order valence-electron chi connectivity index (χ0n) is 18.6. The largest absolute Gasteiger partial charge is 0.494 e. The van der Waals surface area contributed by atoms with E-state index >= 15 is 0 Å². The number of likely N-dealkylation sites (N-methyl/N-ethyl adjacent to an activating group) is 1. The van der Waals surface area contributed by atoms with Crippen LogP contribution in [0.2, 0.25) is 0 Å². The highest BCUT2D eigenvalue weighted by Crippen LogP contribution is 2.20. The number of aromatic amines is 1. The van der Waals surface area contributed by atoms with Crippen molar-refractivity contribution in [1.29, 1.82) is 0 Å². The standard InChI is InChI=1S/C24H30N4O2S/c1-5-30-21-9-10-22-18(15-21)14-19(23(29)26-22)16-28(12-11-27(3)4)24(31)25-20-8-6-7-17(2)13-20/h6-10,13-15H,5,11-12,16H2,1-4H3,(H,25,31)(H,26,29). The summed E-state index contributed by atoms with van der Waals surface area (Å²) in [6.45, 7) is 6.52. The zero-order valence-corrected chi connectivity index (χ0v) is 19.4. The van der Waals surface area contributed by atoms with Crippen molar-refractivity contribution in [3.05, 3.63) is 70.0 Å². The molecule has 7 heteroatoms. The van der Waals surface area contributed by atoms with Crippen LogP contribution in [0.3, 0.4) is 0 Å². The fraction of sp³-hybridized carbons (Fsp3) is 0.333. The van der Waals surface area contributed by atoms with E-state index in [0.717, 1.165) is 34.4 Å². The van der Waals surface area contributed by atoms with Crippen molar-refractivity contribution >= 4 is 33.9 Å². The molecule has 3 rings (SSSR count). The van der Waals surface area contributed by atoms with E-state index in [4.69, 9.17) is 17.0 Å². The molecule has 31 heavy (non-hydrogen) atoms. The zero-order chi connectivity index (χ0) is 22.4. The first-order valence-electron chi connectivity index (χ1n) is 10.4. The van der Waals surface area contributed by atoms with Gasteiger partial charge >= 0.3 is 0 Å². The number of rotatable bonds is 8. The third-order valence-electron chi connectivity index (χ3n) is 4.94. The number of nitrogens with one attached hydrogen (secondary N) is 2. The van der Waals surface area contributed by atoms with E-state index in [1.54, 1.807) is 0 Å². The molecular formula is C24H30N4O2S. The van der Waals surface area contributed by atoms with Gasteiger partial charge in [-0.25, -0.2) is 0 Å². The number of hydrogen-bond donors (Lipinski definition) is 2. The predicted octanol–water partition coefficient (Wildman–Crippen LogP) is 4.00. The Bertz CT molecular complexity index is 1110. The summed E-state index contributed by atoms with van der Waals surface area (Å²) in [6.07, 6.45) is 0. The van der Waals surface area contributed by atoms with Gasteiger partial charge in [-0.1, -0.05) is 12.1 Å². The summed E-state index contributed by atoms with van der Waals surface area (Å²) in [5, 5.41) is 4.84. The minimum Gasteiger partial charge on any atom is -0.494 e. The molecule has 0 amide bonds. The van der Waals surface area contributed by atoms with Gasteiger partial charge in [0.25, 0.3) is 5.56 Å². The number of pyridine rings is 1. The quantitative estimate of drug-likeness (QED) is 0.519. The van der Waals surface area contributed by atoms with Gasteiger partial charge in [0.1, 0.15) is 5.75 Å². The maximum absolute atomic E-state index is 12.8. The number of aryl methyl sites for hydroxylation is 1. The van der Waals surface area contributed by atoms with E-state index in [0.29, 0.717) is 30.4 Å². The minimum absolute atomic E-state index is 0.107. The summed E-state index contributed by atoms with van der Waals surface area (Å²) in [7, 11) is 4.04. The summed E-state index contributed by atoms with van der Waals surface area (Å²) in [4.78, 5) is 19.9. The molecule has 3 aromatic rings. The number of ether oxygens (including phenoxy) is 1. The third-order valence-corrected chi connectivity index (χ3v) is 5.30. The van der Waals surface area contributed by atoms with E-state index < -0.39 is 0 Å². The Kier molecular flexibility index (Phi) is 7.65. The first kappa shape index (κ1) is 22.8. The van der Waals surface area contributed by atoms with Crippen LogP contribution in [0, 0.1) is 6.92 Å². The van der Waals surface area contributed by atoms with Crippen molar-refractivity contribution in [2.45, 2.75) is 20.4 Å². The second-order valence-electron chi connectivity index (χ2n) is 7.83. The number of hydrogen-bond acceptors (Lipinski definition) is 4. The molecule has 0 bridgehead atoms. The average Bonchev–Trinajstić information content (AvgIpc) is 2.71. The topological polar surface area (TPSA) is 60.6 Å². The summed E-state index contributed by atoms with van der Waals surface area (Å²) in [5.74, 6) is 0.786. The monoisotopic (exact) mass is 438 g/mol. The molecule has 0 fully saturated rings. The first-order chi connectivity index (χ1) is 14.9. The molecule has 0 saturated carbocycles. The van der Waals surface area contributed by atoms with Crippen LogP contribution in [0.25, 0.3) is 10.9 Å². The highest BCUT2D eigenvalue weighted by atomic mass is 32.1. The number of benzene rings is 2. The number of fused-ring (bicyclic) bond motifs is 1. The molecule has 1 aromatic heterocycles. The van der Waals surface area contributed by atoms with Crippen molar-refractivity contribution in [2.24, 2.45) is 0 Å². The van der Waals surface area contributed by atoms with Gasteiger partial charge in [-0.05, 0) is 82.1 Å². The van der Waals surface area contributed by atoms with Gasteiger partial charge in [-0.2, -0.15) is 0 Å². The molecule has 164 valence electrons. The Morgan fingerprint density at radius 1 is 1.13 bits per heavy atom. The van der Waals surface area contributed by atoms with Crippen LogP contribution in [0.5, 0.6) is 5.75 Å². The smallest absolute Gasteiger partial charge is 0.253 e. The summed E-state index contributed by atoms with van der Waals surface area (Å²) < 4.78 is 5.61. The lowest BCUT2D eigenvalue weighted by Crippen LogP contribution is -2.40. The molecule has 6 nitrogen and oxygen atoms in total. The van der Waals surface area contributed by atoms with Gasteiger partial charge in [0.05, 0.1) is 13.2 Å². The highest BCUT2D eigenvalue weighted by Gasteiger charge is 2.14. The van der Waals surface area contributed by atoms with E-state index in [1.807, 2.05) is 75.3 Å². The van der Waals surface area contributed by atoms with Gasteiger partial charge in [0, 0.05) is 35.2 Å². The lowest BCUT2D eigenvalue weighted by Gasteiger charge is -2.27. The third kappa shape index (κ3) is 6.29. The molecule has 2 N–H and O–H groups in total. The van der Waals surface area contributed by atoms with E-state index in [2.05, 4.69) is 21.3 Å². The highest BCUT2D eigenvalue weighted by molar-refractivity contribution is 7.80. The SMILES string of the molecule is CCOc1ccc2[nH]c(=O)c(CN(CCN(C)C)C(=S)Nc3cccc(C)c3)cc2c1. The Labute approximate surface area is 188 Å². The molecule has 0 radical (unpaired) electrons. The van der Waals surface area contributed by atoms with Gasteiger partial charge in [0.2, 0.25) is 0 Å². The predicted molar refractivity (Wildman–Crippen MR) is 132 cm³/mol. The van der Waals surface area contributed by atoms with E-state index in [1.165, 1.54) is 0 Å². The van der Waals surface area contributed by atoms with Crippen molar-refractivity contribution < 1.29 is 4.74 Å². The van der Waals surface area contributed by atoms with Crippen molar-refractivity contribution in [1.82, 2.24) is 14.8 Å². The van der Waals surface area contributed by atoms with Gasteiger partial charge in [-0.3, -0.25) is 4.79 Å². The molecule has 0 unspecified atom stereocenters. The van der Waals surface area contributed by atoms with Crippen LogP contribution in [0.4, 0.5) is 5.69 Å². The Balaban J connectivity index is 1.87. The van der Waals surface area contributed by atoms with Crippen LogP contribution in [0.1, 0.15) is 18.1 Å². The number of nitrogens with zero attached hydrogens (tertiary/aromatic N) is 2. The molecule has 0 aliphatic rings. The van der Waals surface area contributed by atoms with Gasteiger partial charge in [-0.15, -0.1) is 0 Å². The fourth-order valence-corrected chi connectivity index (χ4v) is 3.58. The second kappa shape index (κ2) is 10.4. The number of H-pyrrole nitrogens is 1. The van der Waals surface area contributed by atoms with E-state index in [9.17, 15) is 4.79 Å². The number of aromatic nitrogens is 1. The second-order valence-corrected chi connectivity index (χ2v) is 8.22. The maximum Gasteiger partial charge on any atom is 0.253 e. The normalized spacial score (nSPS) is 11.0. The van der Waals surface area contributed by atoms with Crippen molar-refractivity contribution in [2.75, 3.05) is 39.1 Å². The fourth-order valence-electron chi connectivity index (χ4n) is 3.31. The Morgan fingerprint density at radius 3 is 2.65 bits per heavy atom. The summed E-state index contributed by atoms with van der Waals surface area (Å²) >= 11 is 5.71. The maximum atomic E-state index is 12.8. The molecule has 1 heterocycles. The van der Waals surface area contributed by atoms with Gasteiger partial charge in [0.15, 0.2) is 5.11 Å². The molecule has 0 spiro atoms. The Morgan fingerprint density at radius 2 is 1.94 bits per heavy atom. The van der Waals surface area contributed by atoms with E-state index in [-0.39, 0.29) is 5.56 Å². The minimum atomic E-state index is -0.107. The Hall–Kier alpha value is -2.90. The average molecular weight is 439 g/mol. The number of thiocarbonyl (C=S) groups is 1.